The molecule has 0 aliphatic heterocycles. The van der Waals surface area contributed by atoms with Crippen molar-refractivity contribution in [2.24, 2.45) is 0 Å². The second-order valence-electron chi connectivity index (χ2n) is 6.72. The molecular weight excluding hydrogens is 421 g/mol. The maximum atomic E-state index is 13.9. The highest BCUT2D eigenvalue weighted by molar-refractivity contribution is 7.17. The van der Waals surface area contributed by atoms with Gasteiger partial charge in [0, 0.05) is 29.2 Å². The maximum absolute atomic E-state index is 13.9. The number of thiophene rings is 1. The molecule has 0 aliphatic carbocycles. The normalized spacial score (nSPS) is 10.9. The first-order chi connectivity index (χ1) is 15.0. The number of rotatable bonds is 8. The Morgan fingerprint density at radius 2 is 1.84 bits per heavy atom. The van der Waals surface area contributed by atoms with Crippen molar-refractivity contribution in [3.8, 4) is 23.0 Å². The van der Waals surface area contributed by atoms with Crippen LogP contribution in [0.25, 0.3) is 21.5 Å². The Balaban J connectivity index is 1.46. The summed E-state index contributed by atoms with van der Waals surface area (Å²) >= 11 is 1.25. The fourth-order valence-electron chi connectivity index (χ4n) is 3.22. The van der Waals surface area contributed by atoms with Gasteiger partial charge in [0.25, 0.3) is 0 Å². The molecule has 4 rings (SSSR count). The highest BCUT2D eigenvalue weighted by Crippen LogP contribution is 2.35. The van der Waals surface area contributed by atoms with Crippen molar-refractivity contribution >= 4 is 33.0 Å². The third-order valence-electron chi connectivity index (χ3n) is 4.86. The summed E-state index contributed by atoms with van der Waals surface area (Å²) in [5.74, 6) is 0.384. The lowest BCUT2D eigenvalue weighted by Crippen LogP contribution is -2.06. The van der Waals surface area contributed by atoms with E-state index < -0.39 is 0 Å². The van der Waals surface area contributed by atoms with Crippen LogP contribution < -0.4 is 9.47 Å². The molecule has 158 valence electrons. The molecule has 0 amide bonds. The van der Waals surface area contributed by atoms with E-state index in [9.17, 15) is 14.0 Å². The van der Waals surface area contributed by atoms with Crippen LogP contribution in [0.5, 0.6) is 11.5 Å². The minimum atomic E-state index is -0.315. The van der Waals surface area contributed by atoms with Crippen molar-refractivity contribution in [1.29, 1.82) is 0 Å². The first-order valence-corrected chi connectivity index (χ1v) is 10.3. The van der Waals surface area contributed by atoms with Gasteiger partial charge in [-0.25, -0.2) is 9.37 Å². The van der Waals surface area contributed by atoms with Gasteiger partial charge >= 0.3 is 0 Å². The van der Waals surface area contributed by atoms with E-state index in [0.29, 0.717) is 32.7 Å². The smallest absolute Gasteiger partial charge is 0.228 e. The van der Waals surface area contributed by atoms with E-state index in [4.69, 9.17) is 13.9 Å². The van der Waals surface area contributed by atoms with Crippen molar-refractivity contribution < 1.29 is 27.9 Å². The summed E-state index contributed by atoms with van der Waals surface area (Å²) in [5.41, 5.74) is 1.18. The number of aromatic nitrogens is 1. The minimum Gasteiger partial charge on any atom is -0.493 e. The number of ether oxygens (including phenoxy) is 2. The van der Waals surface area contributed by atoms with Gasteiger partial charge in [-0.2, -0.15) is 0 Å². The van der Waals surface area contributed by atoms with Crippen molar-refractivity contribution in [2.45, 2.75) is 12.8 Å². The predicted molar refractivity (Wildman–Crippen MR) is 115 cm³/mol. The second kappa shape index (κ2) is 8.69. The number of hydrogen-bond donors (Lipinski definition) is 0. The highest BCUT2D eigenvalue weighted by atomic mass is 32.1. The van der Waals surface area contributed by atoms with Gasteiger partial charge in [-0.3, -0.25) is 9.59 Å². The van der Waals surface area contributed by atoms with E-state index in [0.717, 1.165) is 0 Å². The van der Waals surface area contributed by atoms with Crippen LogP contribution in [0.15, 0.2) is 52.5 Å². The van der Waals surface area contributed by atoms with Crippen molar-refractivity contribution in [3.63, 3.8) is 0 Å². The molecule has 0 N–H and O–H groups in total. The molecule has 2 heterocycles. The average Bonchev–Trinajstić information content (AvgIpc) is 3.44. The summed E-state index contributed by atoms with van der Waals surface area (Å²) in [5, 5.41) is 2.42. The molecule has 4 aromatic rings. The molecule has 0 fully saturated rings. The summed E-state index contributed by atoms with van der Waals surface area (Å²) < 4.78 is 30.3. The first kappa shape index (κ1) is 20.7. The molecule has 0 spiro atoms. The molecule has 2 aromatic heterocycles. The summed E-state index contributed by atoms with van der Waals surface area (Å²) in [7, 11) is 3.00. The number of halogens is 1. The zero-order valence-electron chi connectivity index (χ0n) is 16.8. The van der Waals surface area contributed by atoms with Crippen LogP contribution in [0.2, 0.25) is 0 Å². The number of oxazole rings is 1. The van der Waals surface area contributed by atoms with E-state index in [-0.39, 0.29) is 41.8 Å². The zero-order valence-corrected chi connectivity index (χ0v) is 17.6. The zero-order chi connectivity index (χ0) is 22.0. The molecule has 0 saturated heterocycles. The largest absolute Gasteiger partial charge is 0.493 e. The second-order valence-corrected chi connectivity index (χ2v) is 7.60. The molecule has 0 aliphatic rings. The van der Waals surface area contributed by atoms with Gasteiger partial charge < -0.3 is 13.9 Å². The summed E-state index contributed by atoms with van der Waals surface area (Å²) in [4.78, 5) is 29.3. The molecule has 31 heavy (non-hydrogen) atoms. The lowest BCUT2D eigenvalue weighted by molar-refractivity contribution is 0.0914. The minimum absolute atomic E-state index is 0.0157. The fourth-order valence-corrected chi connectivity index (χ4v) is 4.17. The van der Waals surface area contributed by atoms with E-state index in [1.54, 1.807) is 35.7 Å². The van der Waals surface area contributed by atoms with Gasteiger partial charge in [0.05, 0.1) is 24.5 Å². The molecule has 0 unspecified atom stereocenters. The summed E-state index contributed by atoms with van der Waals surface area (Å²) in [6.45, 7) is 0. The SMILES string of the molecule is COc1ccc(C(=O)CCC(=O)c2coc(-c3csc4c(F)cccc34)n2)cc1OC. The number of Topliss-reactive ketones (excluding diaryl/α,β-unsaturated/α-hetero) is 2. The maximum Gasteiger partial charge on any atom is 0.228 e. The van der Waals surface area contributed by atoms with E-state index in [1.165, 1.54) is 37.9 Å². The van der Waals surface area contributed by atoms with Crippen LogP contribution in [-0.4, -0.2) is 30.8 Å². The van der Waals surface area contributed by atoms with Crippen LogP contribution in [-0.2, 0) is 0 Å². The van der Waals surface area contributed by atoms with Crippen LogP contribution in [0.1, 0.15) is 33.7 Å². The van der Waals surface area contributed by atoms with E-state index in [2.05, 4.69) is 4.98 Å². The molecular formula is C23H18FNO5S. The van der Waals surface area contributed by atoms with Gasteiger partial charge in [-0.05, 0) is 24.3 Å². The fraction of sp³-hybridized carbons (Fsp3) is 0.174. The monoisotopic (exact) mass is 439 g/mol. The quantitative estimate of drug-likeness (QED) is 0.335. The Kier molecular flexibility index (Phi) is 5.81. The molecule has 0 saturated carbocycles. The third-order valence-corrected chi connectivity index (χ3v) is 5.86. The number of methoxy groups -OCH3 is 2. The number of benzene rings is 2. The van der Waals surface area contributed by atoms with Crippen molar-refractivity contribution in [1.82, 2.24) is 4.98 Å². The Bertz CT molecular complexity index is 1280. The number of carbonyl (C=O) groups excluding carboxylic acids is 2. The number of hydrogen-bond acceptors (Lipinski definition) is 7. The number of ketones is 2. The molecule has 0 bridgehead atoms. The van der Waals surface area contributed by atoms with Crippen molar-refractivity contribution in [3.05, 3.63) is 65.1 Å². The first-order valence-electron chi connectivity index (χ1n) is 9.42. The molecule has 2 aromatic carbocycles. The Labute approximate surface area is 181 Å². The standard InChI is InChI=1S/C23H18FNO5S/c1-28-20-9-6-13(10-21(20)29-2)18(26)7-8-19(27)17-11-30-23(25-17)15-12-31-22-14(15)4-3-5-16(22)24/h3-6,9-12H,7-8H2,1-2H3. The third kappa shape index (κ3) is 4.06. The van der Waals surface area contributed by atoms with Gasteiger partial charge in [0.2, 0.25) is 5.89 Å². The predicted octanol–water partition coefficient (Wildman–Crippen LogP) is 5.56. The topological polar surface area (TPSA) is 78.6 Å². The van der Waals surface area contributed by atoms with Crippen LogP contribution in [0, 0.1) is 5.82 Å². The number of nitrogens with zero attached hydrogens (tertiary/aromatic N) is 1. The summed E-state index contributed by atoms with van der Waals surface area (Å²) in [6, 6.07) is 9.64. The summed E-state index contributed by atoms with van der Waals surface area (Å²) in [6.07, 6.45) is 1.27. The van der Waals surface area contributed by atoms with E-state index in [1.807, 2.05) is 0 Å². The van der Waals surface area contributed by atoms with Gasteiger partial charge in [-0.15, -0.1) is 11.3 Å². The number of carbonyl (C=O) groups is 2. The lowest BCUT2D eigenvalue weighted by Gasteiger charge is -2.08. The molecule has 0 atom stereocenters. The van der Waals surface area contributed by atoms with Gasteiger partial charge in [-0.1, -0.05) is 12.1 Å². The Hall–Kier alpha value is -3.52. The van der Waals surface area contributed by atoms with Gasteiger partial charge in [0.15, 0.2) is 23.1 Å². The molecule has 6 nitrogen and oxygen atoms in total. The average molecular weight is 439 g/mol. The van der Waals surface area contributed by atoms with E-state index >= 15 is 0 Å². The van der Waals surface area contributed by atoms with Crippen LogP contribution in [0.3, 0.4) is 0 Å². The molecule has 0 radical (unpaired) electrons. The highest BCUT2D eigenvalue weighted by Gasteiger charge is 2.19. The van der Waals surface area contributed by atoms with Crippen LogP contribution >= 0.6 is 11.3 Å². The van der Waals surface area contributed by atoms with Crippen molar-refractivity contribution in [2.75, 3.05) is 14.2 Å². The number of fused-ring (bicyclic) bond motifs is 1. The molecule has 8 heteroatoms. The van der Waals surface area contributed by atoms with Crippen LogP contribution in [0.4, 0.5) is 4.39 Å². The Morgan fingerprint density at radius 3 is 2.61 bits per heavy atom. The van der Waals surface area contributed by atoms with Gasteiger partial charge in [0.1, 0.15) is 17.8 Å². The lowest BCUT2D eigenvalue weighted by atomic mass is 10.0. The Morgan fingerprint density at radius 1 is 1.06 bits per heavy atom.